The molecule has 5 heteroatoms. The Bertz CT molecular complexity index is 538. The number of aliphatic hydroxyl groups is 1. The zero-order valence-electron chi connectivity index (χ0n) is 13.9. The molecule has 1 aromatic carbocycles. The van der Waals surface area contributed by atoms with E-state index in [4.69, 9.17) is 0 Å². The van der Waals surface area contributed by atoms with Crippen molar-refractivity contribution in [1.82, 2.24) is 4.90 Å². The van der Waals surface area contributed by atoms with Crippen molar-refractivity contribution in [1.29, 1.82) is 0 Å². The molecule has 0 aromatic heterocycles. The zero-order chi connectivity index (χ0) is 16.8. The first-order valence-electron chi connectivity index (χ1n) is 8.40. The van der Waals surface area contributed by atoms with E-state index < -0.39 is 6.10 Å². The third-order valence-corrected chi connectivity index (χ3v) is 4.51. The largest absolute Gasteiger partial charge is 0.392 e. The van der Waals surface area contributed by atoms with Crippen molar-refractivity contribution in [3.63, 3.8) is 0 Å². The van der Waals surface area contributed by atoms with Gasteiger partial charge in [0.25, 0.3) is 0 Å². The van der Waals surface area contributed by atoms with Crippen LogP contribution in [0.4, 0.5) is 5.69 Å². The molecule has 2 rings (SSSR count). The van der Waals surface area contributed by atoms with Crippen LogP contribution in [-0.2, 0) is 16.0 Å². The van der Waals surface area contributed by atoms with Crippen LogP contribution < -0.4 is 5.32 Å². The van der Waals surface area contributed by atoms with Crippen LogP contribution in [0, 0.1) is 5.92 Å². The van der Waals surface area contributed by atoms with Gasteiger partial charge in [-0.1, -0.05) is 12.1 Å². The summed E-state index contributed by atoms with van der Waals surface area (Å²) in [5.74, 6) is -0.318. The summed E-state index contributed by atoms with van der Waals surface area (Å²) in [6, 6.07) is 7.35. The summed E-state index contributed by atoms with van der Waals surface area (Å²) in [5.41, 5.74) is 1.63. The Hall–Kier alpha value is -1.88. The van der Waals surface area contributed by atoms with Gasteiger partial charge in [-0.3, -0.25) is 9.59 Å². The molecule has 0 bridgehead atoms. The Labute approximate surface area is 137 Å². The van der Waals surface area contributed by atoms with E-state index in [1.54, 1.807) is 4.90 Å². The van der Waals surface area contributed by atoms with Crippen LogP contribution in [0.2, 0.25) is 0 Å². The van der Waals surface area contributed by atoms with Crippen LogP contribution in [0.5, 0.6) is 0 Å². The Morgan fingerprint density at radius 3 is 2.35 bits per heavy atom. The van der Waals surface area contributed by atoms with E-state index in [2.05, 4.69) is 5.32 Å². The highest BCUT2D eigenvalue weighted by Crippen LogP contribution is 2.26. The van der Waals surface area contributed by atoms with Crippen molar-refractivity contribution >= 4 is 17.5 Å². The number of likely N-dealkylation sites (N-methyl/N-ethyl adjacent to an activating group) is 1. The number of benzene rings is 1. The standard InChI is InChI=1S/C18H26N2O3/c1-3-20(4-2)17(22)12-13-8-10-14(11-9-13)19-18(23)15-6-5-7-16(15)21/h8-11,15-16,21H,3-7,12H2,1-2H3,(H,19,23). The summed E-state index contributed by atoms with van der Waals surface area (Å²) in [7, 11) is 0. The maximum atomic E-state index is 12.1. The van der Waals surface area contributed by atoms with Crippen molar-refractivity contribution in [2.24, 2.45) is 5.92 Å². The number of rotatable bonds is 6. The highest BCUT2D eigenvalue weighted by Gasteiger charge is 2.31. The number of hydrogen-bond acceptors (Lipinski definition) is 3. The summed E-state index contributed by atoms with van der Waals surface area (Å²) in [4.78, 5) is 26.0. The van der Waals surface area contributed by atoms with Crippen molar-refractivity contribution in [3.05, 3.63) is 29.8 Å². The number of aliphatic hydroxyl groups excluding tert-OH is 1. The molecule has 1 fully saturated rings. The van der Waals surface area contributed by atoms with Crippen molar-refractivity contribution in [2.45, 2.75) is 45.6 Å². The molecular formula is C18H26N2O3. The number of carbonyl (C=O) groups is 2. The zero-order valence-corrected chi connectivity index (χ0v) is 13.9. The van der Waals surface area contributed by atoms with E-state index in [9.17, 15) is 14.7 Å². The molecule has 2 amide bonds. The van der Waals surface area contributed by atoms with Crippen molar-refractivity contribution in [2.75, 3.05) is 18.4 Å². The molecule has 1 aromatic rings. The summed E-state index contributed by atoms with van der Waals surface area (Å²) >= 11 is 0. The summed E-state index contributed by atoms with van der Waals surface area (Å²) in [6.45, 7) is 5.37. The highest BCUT2D eigenvalue weighted by molar-refractivity contribution is 5.93. The molecule has 0 spiro atoms. The number of nitrogens with one attached hydrogen (secondary N) is 1. The average Bonchev–Trinajstić information content (AvgIpc) is 2.96. The van der Waals surface area contributed by atoms with E-state index in [1.807, 2.05) is 38.1 Å². The topological polar surface area (TPSA) is 69.6 Å². The van der Waals surface area contributed by atoms with E-state index >= 15 is 0 Å². The first-order chi connectivity index (χ1) is 11.0. The Morgan fingerprint density at radius 1 is 1.17 bits per heavy atom. The van der Waals surface area contributed by atoms with E-state index in [0.29, 0.717) is 31.6 Å². The van der Waals surface area contributed by atoms with E-state index in [0.717, 1.165) is 18.4 Å². The fraction of sp³-hybridized carbons (Fsp3) is 0.556. The molecule has 0 heterocycles. The molecule has 1 aliphatic rings. The first-order valence-corrected chi connectivity index (χ1v) is 8.40. The van der Waals surface area contributed by atoms with Crippen LogP contribution in [0.25, 0.3) is 0 Å². The van der Waals surface area contributed by atoms with Gasteiger partial charge in [-0.2, -0.15) is 0 Å². The minimum atomic E-state index is -0.527. The highest BCUT2D eigenvalue weighted by atomic mass is 16.3. The quantitative estimate of drug-likeness (QED) is 0.845. The Morgan fingerprint density at radius 2 is 1.83 bits per heavy atom. The summed E-state index contributed by atoms with van der Waals surface area (Å²) < 4.78 is 0. The SMILES string of the molecule is CCN(CC)C(=O)Cc1ccc(NC(=O)C2CCCC2O)cc1. The third kappa shape index (κ3) is 4.55. The van der Waals surface area contributed by atoms with Crippen molar-refractivity contribution in [3.8, 4) is 0 Å². The molecule has 5 nitrogen and oxygen atoms in total. The number of nitrogens with zero attached hydrogens (tertiary/aromatic N) is 1. The van der Waals surface area contributed by atoms with Gasteiger partial charge in [0.15, 0.2) is 0 Å². The molecule has 0 radical (unpaired) electrons. The molecular weight excluding hydrogens is 292 g/mol. The minimum Gasteiger partial charge on any atom is -0.392 e. The Balaban J connectivity index is 1.91. The van der Waals surface area contributed by atoms with Gasteiger partial charge < -0.3 is 15.3 Å². The molecule has 0 aliphatic heterocycles. The van der Waals surface area contributed by atoms with E-state index in [1.165, 1.54) is 0 Å². The van der Waals surface area contributed by atoms with Crippen molar-refractivity contribution < 1.29 is 14.7 Å². The molecule has 23 heavy (non-hydrogen) atoms. The van der Waals surface area contributed by atoms with Gasteiger partial charge in [0.1, 0.15) is 0 Å². The molecule has 2 atom stereocenters. The fourth-order valence-corrected chi connectivity index (χ4v) is 3.05. The molecule has 1 aliphatic carbocycles. The molecule has 126 valence electrons. The van der Waals surface area contributed by atoms with Gasteiger partial charge in [0, 0.05) is 18.8 Å². The van der Waals surface area contributed by atoms with E-state index in [-0.39, 0.29) is 17.7 Å². The predicted octanol–water partition coefficient (Wildman–Crippen LogP) is 2.20. The smallest absolute Gasteiger partial charge is 0.230 e. The second-order valence-electron chi connectivity index (χ2n) is 6.03. The van der Waals surface area contributed by atoms with Crippen LogP contribution in [0.1, 0.15) is 38.7 Å². The first kappa shape index (κ1) is 17.5. The summed E-state index contributed by atoms with van der Waals surface area (Å²) in [5, 5.41) is 12.6. The van der Waals surface area contributed by atoms with Gasteiger partial charge in [0.2, 0.25) is 11.8 Å². The lowest BCUT2D eigenvalue weighted by Gasteiger charge is -2.18. The van der Waals surface area contributed by atoms with Gasteiger partial charge in [-0.15, -0.1) is 0 Å². The van der Waals surface area contributed by atoms with Gasteiger partial charge in [-0.25, -0.2) is 0 Å². The maximum absolute atomic E-state index is 12.1. The van der Waals surface area contributed by atoms with Crippen LogP contribution in [0.15, 0.2) is 24.3 Å². The second kappa shape index (κ2) is 8.11. The van der Waals surface area contributed by atoms with Gasteiger partial charge in [-0.05, 0) is 50.8 Å². The van der Waals surface area contributed by atoms with Crippen LogP contribution >= 0.6 is 0 Å². The number of amides is 2. The normalized spacial score (nSPS) is 20.3. The molecule has 2 N–H and O–H groups in total. The lowest BCUT2D eigenvalue weighted by atomic mass is 10.0. The number of anilines is 1. The number of carbonyl (C=O) groups excluding carboxylic acids is 2. The maximum Gasteiger partial charge on any atom is 0.230 e. The number of hydrogen-bond donors (Lipinski definition) is 2. The minimum absolute atomic E-state index is 0.112. The van der Waals surface area contributed by atoms with Gasteiger partial charge in [0.05, 0.1) is 18.4 Å². The lowest BCUT2D eigenvalue weighted by Crippen LogP contribution is -2.31. The summed E-state index contributed by atoms with van der Waals surface area (Å²) in [6.07, 6.45) is 2.18. The van der Waals surface area contributed by atoms with Gasteiger partial charge >= 0.3 is 0 Å². The fourth-order valence-electron chi connectivity index (χ4n) is 3.05. The molecule has 1 saturated carbocycles. The monoisotopic (exact) mass is 318 g/mol. The van der Waals surface area contributed by atoms with Crippen LogP contribution in [-0.4, -0.2) is 41.0 Å². The average molecular weight is 318 g/mol. The molecule has 2 unspecified atom stereocenters. The second-order valence-corrected chi connectivity index (χ2v) is 6.03. The lowest BCUT2D eigenvalue weighted by molar-refractivity contribution is -0.130. The molecule has 0 saturated heterocycles. The Kier molecular flexibility index (Phi) is 6.16. The third-order valence-electron chi connectivity index (χ3n) is 4.51. The predicted molar refractivity (Wildman–Crippen MR) is 90.1 cm³/mol. The van der Waals surface area contributed by atoms with Crippen LogP contribution in [0.3, 0.4) is 0 Å².